The van der Waals surface area contributed by atoms with Crippen molar-refractivity contribution in [2.45, 2.75) is 6.92 Å². The van der Waals surface area contributed by atoms with Crippen LogP contribution in [0.2, 0.25) is 0 Å². The third kappa shape index (κ3) is 2.14. The van der Waals surface area contributed by atoms with E-state index in [-0.39, 0.29) is 17.5 Å². The van der Waals surface area contributed by atoms with Crippen molar-refractivity contribution in [2.24, 2.45) is 0 Å². The van der Waals surface area contributed by atoms with E-state index in [1.54, 1.807) is 0 Å². The minimum absolute atomic E-state index is 0.137. The van der Waals surface area contributed by atoms with Crippen molar-refractivity contribution in [3.63, 3.8) is 0 Å². The maximum Gasteiger partial charge on any atom is 0.433 e. The molecule has 0 atom stereocenters. The van der Waals surface area contributed by atoms with Gasteiger partial charge in [-0.2, -0.15) is 0 Å². The number of aryl methyl sites for hydroxylation is 1. The molecule has 0 unspecified atom stereocenters. The van der Waals surface area contributed by atoms with Gasteiger partial charge >= 0.3 is 5.88 Å². The lowest BCUT2D eigenvalue weighted by Gasteiger charge is -2.04. The average molecular weight is 285 g/mol. The zero-order valence-electron chi connectivity index (χ0n) is 11.1. The fourth-order valence-corrected chi connectivity index (χ4v) is 2.14. The molecule has 7 heteroatoms. The molecule has 2 heterocycles. The number of rotatable bonds is 3. The van der Waals surface area contributed by atoms with Crippen LogP contribution in [0.5, 0.6) is 0 Å². The second-order valence-corrected chi connectivity index (χ2v) is 4.48. The Morgan fingerprint density at radius 3 is 2.67 bits per heavy atom. The number of nitrogen functional groups attached to an aromatic ring is 1. The quantitative estimate of drug-likeness (QED) is 0.583. The van der Waals surface area contributed by atoms with Crippen molar-refractivity contribution in [1.82, 2.24) is 5.16 Å². The molecular weight excluding hydrogens is 274 g/mol. The summed E-state index contributed by atoms with van der Waals surface area (Å²) in [5.41, 5.74) is 8.57. The Kier molecular flexibility index (Phi) is 2.94. The Morgan fingerprint density at radius 2 is 2.00 bits per heavy atom. The number of nitrogens with zero attached hydrogens (tertiary/aromatic N) is 2. The van der Waals surface area contributed by atoms with Crippen molar-refractivity contribution in [3.8, 4) is 22.6 Å². The van der Waals surface area contributed by atoms with Gasteiger partial charge in [-0.05, 0) is 24.1 Å². The molecule has 21 heavy (non-hydrogen) atoms. The first-order valence-electron chi connectivity index (χ1n) is 6.13. The summed E-state index contributed by atoms with van der Waals surface area (Å²) in [5.74, 6) is 0.0149. The predicted octanol–water partition coefficient (Wildman–Crippen LogP) is 3.40. The van der Waals surface area contributed by atoms with Gasteiger partial charge in [-0.25, -0.2) is 0 Å². The molecule has 3 aromatic rings. The number of furan rings is 1. The molecule has 0 aliphatic rings. The van der Waals surface area contributed by atoms with E-state index in [4.69, 9.17) is 14.7 Å². The SMILES string of the molecule is Cc1ccccc1-c1c(-c2ccc([N+](=O)[O-])o2)noc1N. The molecule has 1 aromatic carbocycles. The molecule has 0 aliphatic heterocycles. The number of hydrogen-bond donors (Lipinski definition) is 1. The van der Waals surface area contributed by atoms with Gasteiger partial charge < -0.3 is 14.7 Å². The smallest absolute Gasteiger partial charge is 0.399 e. The van der Waals surface area contributed by atoms with Gasteiger partial charge in [-0.15, -0.1) is 0 Å². The van der Waals surface area contributed by atoms with Gasteiger partial charge in [-0.3, -0.25) is 10.1 Å². The molecule has 0 amide bonds. The standard InChI is InChI=1S/C14H11N3O4/c1-8-4-2-3-5-9(8)12-13(16-21-14(12)15)10-6-7-11(20-10)17(18)19/h2-7H,15H2,1H3. The van der Waals surface area contributed by atoms with Crippen LogP contribution in [-0.2, 0) is 0 Å². The van der Waals surface area contributed by atoms with E-state index in [9.17, 15) is 10.1 Å². The molecule has 0 saturated heterocycles. The summed E-state index contributed by atoms with van der Waals surface area (Å²) in [4.78, 5) is 10.1. The van der Waals surface area contributed by atoms with Crippen molar-refractivity contribution in [2.75, 3.05) is 5.73 Å². The van der Waals surface area contributed by atoms with E-state index in [1.165, 1.54) is 12.1 Å². The van der Waals surface area contributed by atoms with Gasteiger partial charge in [0.25, 0.3) is 0 Å². The second kappa shape index (κ2) is 4.78. The largest absolute Gasteiger partial charge is 0.433 e. The third-order valence-electron chi connectivity index (χ3n) is 3.14. The van der Waals surface area contributed by atoms with Gasteiger partial charge in [0.15, 0.2) is 11.5 Å². The number of nitrogens with two attached hydrogens (primary N) is 1. The summed E-state index contributed by atoms with van der Waals surface area (Å²) in [6.07, 6.45) is 0. The molecule has 0 radical (unpaired) electrons. The van der Waals surface area contributed by atoms with Crippen LogP contribution in [0.15, 0.2) is 45.3 Å². The van der Waals surface area contributed by atoms with Crippen molar-refractivity contribution in [3.05, 3.63) is 52.1 Å². The van der Waals surface area contributed by atoms with Crippen LogP contribution in [0.25, 0.3) is 22.6 Å². The summed E-state index contributed by atoms with van der Waals surface area (Å²) in [6, 6.07) is 10.3. The fourth-order valence-electron chi connectivity index (χ4n) is 2.14. The summed E-state index contributed by atoms with van der Waals surface area (Å²) in [7, 11) is 0. The maximum absolute atomic E-state index is 10.7. The zero-order chi connectivity index (χ0) is 15.0. The van der Waals surface area contributed by atoms with Crippen molar-refractivity contribution >= 4 is 11.8 Å². The van der Waals surface area contributed by atoms with Gasteiger partial charge in [0, 0.05) is 0 Å². The molecule has 2 N–H and O–H groups in total. The van der Waals surface area contributed by atoms with E-state index in [1.807, 2.05) is 31.2 Å². The summed E-state index contributed by atoms with van der Waals surface area (Å²) in [5, 5.41) is 14.6. The number of anilines is 1. The van der Waals surface area contributed by atoms with Crippen LogP contribution in [0.3, 0.4) is 0 Å². The van der Waals surface area contributed by atoms with Crippen LogP contribution >= 0.6 is 0 Å². The topological polar surface area (TPSA) is 108 Å². The lowest BCUT2D eigenvalue weighted by atomic mass is 10.00. The molecule has 0 bridgehead atoms. The number of benzene rings is 1. The molecule has 2 aromatic heterocycles. The van der Waals surface area contributed by atoms with E-state index in [0.717, 1.165) is 11.1 Å². The Morgan fingerprint density at radius 1 is 1.24 bits per heavy atom. The number of nitro groups is 1. The number of aromatic nitrogens is 1. The highest BCUT2D eigenvalue weighted by atomic mass is 16.6. The fraction of sp³-hybridized carbons (Fsp3) is 0.0714. The van der Waals surface area contributed by atoms with E-state index in [2.05, 4.69) is 5.16 Å². The lowest BCUT2D eigenvalue weighted by Crippen LogP contribution is -1.89. The van der Waals surface area contributed by atoms with Gasteiger partial charge in [0.2, 0.25) is 5.88 Å². The summed E-state index contributed by atoms with van der Waals surface area (Å²) < 4.78 is 10.2. The molecule has 3 rings (SSSR count). The molecule has 0 fully saturated rings. The summed E-state index contributed by atoms with van der Waals surface area (Å²) in [6.45, 7) is 1.93. The monoisotopic (exact) mass is 285 g/mol. The van der Waals surface area contributed by atoms with E-state index in [0.29, 0.717) is 11.3 Å². The predicted molar refractivity (Wildman–Crippen MR) is 75.4 cm³/mol. The minimum Gasteiger partial charge on any atom is -0.399 e. The Bertz CT molecular complexity index is 819. The average Bonchev–Trinajstić information content (AvgIpc) is 3.06. The molecule has 0 aliphatic carbocycles. The van der Waals surface area contributed by atoms with E-state index < -0.39 is 4.92 Å². The lowest BCUT2D eigenvalue weighted by molar-refractivity contribution is -0.401. The van der Waals surface area contributed by atoms with E-state index >= 15 is 0 Å². The number of hydrogen-bond acceptors (Lipinski definition) is 6. The Hall–Kier alpha value is -3.09. The van der Waals surface area contributed by atoms with Crippen LogP contribution in [0.4, 0.5) is 11.8 Å². The molecule has 7 nitrogen and oxygen atoms in total. The first-order chi connectivity index (χ1) is 10.1. The second-order valence-electron chi connectivity index (χ2n) is 4.48. The molecule has 0 spiro atoms. The third-order valence-corrected chi connectivity index (χ3v) is 3.14. The maximum atomic E-state index is 10.7. The normalized spacial score (nSPS) is 10.7. The minimum atomic E-state index is -0.611. The highest BCUT2D eigenvalue weighted by Gasteiger charge is 2.23. The van der Waals surface area contributed by atoms with Crippen LogP contribution < -0.4 is 5.73 Å². The first kappa shape index (κ1) is 12.9. The highest BCUT2D eigenvalue weighted by molar-refractivity contribution is 5.86. The van der Waals surface area contributed by atoms with Gasteiger partial charge in [-0.1, -0.05) is 29.4 Å². The highest BCUT2D eigenvalue weighted by Crippen LogP contribution is 2.38. The van der Waals surface area contributed by atoms with Crippen molar-refractivity contribution in [1.29, 1.82) is 0 Å². The molecular formula is C14H11N3O4. The summed E-state index contributed by atoms with van der Waals surface area (Å²) >= 11 is 0. The van der Waals surface area contributed by atoms with Crippen LogP contribution in [-0.4, -0.2) is 10.1 Å². The molecule has 0 saturated carbocycles. The Balaban J connectivity index is 2.17. The van der Waals surface area contributed by atoms with Crippen molar-refractivity contribution < 1.29 is 13.9 Å². The van der Waals surface area contributed by atoms with Crippen LogP contribution in [0, 0.1) is 17.0 Å². The van der Waals surface area contributed by atoms with Gasteiger partial charge in [0.05, 0.1) is 11.6 Å². The first-order valence-corrected chi connectivity index (χ1v) is 6.13. The Labute approximate surface area is 119 Å². The van der Waals surface area contributed by atoms with Crippen LogP contribution in [0.1, 0.15) is 5.56 Å². The zero-order valence-corrected chi connectivity index (χ0v) is 11.1. The van der Waals surface area contributed by atoms with Gasteiger partial charge in [0.1, 0.15) is 4.92 Å². The molecule has 106 valence electrons.